The summed E-state index contributed by atoms with van der Waals surface area (Å²) in [4.78, 5) is 0. The van der Waals surface area contributed by atoms with Gasteiger partial charge >= 0.3 is 0 Å². The Morgan fingerprint density at radius 1 is 1.39 bits per heavy atom. The summed E-state index contributed by atoms with van der Waals surface area (Å²) in [6.45, 7) is 2.35. The first-order chi connectivity index (χ1) is 8.67. The zero-order valence-corrected chi connectivity index (χ0v) is 12.1. The quantitative estimate of drug-likeness (QED) is 0.889. The summed E-state index contributed by atoms with van der Waals surface area (Å²) < 4.78 is 5.48. The van der Waals surface area contributed by atoms with Crippen molar-refractivity contribution in [3.63, 3.8) is 0 Å². The number of halogens is 1. The maximum atomic E-state index is 6.13. The first-order valence-electron chi connectivity index (χ1n) is 6.68. The monoisotopic (exact) mass is 267 g/mol. The van der Waals surface area contributed by atoms with E-state index in [0.29, 0.717) is 12.0 Å². The fraction of sp³-hybridized carbons (Fsp3) is 0.600. The van der Waals surface area contributed by atoms with E-state index in [1.807, 2.05) is 25.2 Å². The lowest BCUT2D eigenvalue weighted by Crippen LogP contribution is -2.27. The molecule has 3 atom stereocenters. The van der Waals surface area contributed by atoms with Crippen molar-refractivity contribution in [3.05, 3.63) is 28.8 Å². The molecule has 2 nitrogen and oxygen atoms in total. The first-order valence-corrected chi connectivity index (χ1v) is 7.06. The van der Waals surface area contributed by atoms with E-state index in [4.69, 9.17) is 16.3 Å². The molecule has 1 N–H and O–H groups in total. The number of rotatable bonds is 4. The molecule has 3 unspecified atom stereocenters. The second-order valence-electron chi connectivity index (χ2n) is 5.22. The minimum absolute atomic E-state index is 0.330. The van der Waals surface area contributed by atoms with E-state index in [-0.39, 0.29) is 0 Å². The molecule has 0 heterocycles. The van der Waals surface area contributed by atoms with Crippen LogP contribution in [0.1, 0.15) is 37.8 Å². The Morgan fingerprint density at radius 3 is 2.72 bits per heavy atom. The third-order valence-corrected chi connectivity index (χ3v) is 4.43. The van der Waals surface area contributed by atoms with E-state index in [1.165, 1.54) is 24.8 Å². The van der Waals surface area contributed by atoms with E-state index in [2.05, 4.69) is 12.2 Å². The van der Waals surface area contributed by atoms with Crippen LogP contribution in [0.5, 0.6) is 5.75 Å². The zero-order chi connectivity index (χ0) is 13.1. The predicted octanol–water partition coefficient (Wildman–Crippen LogP) is 4.05. The van der Waals surface area contributed by atoms with Crippen LogP contribution in [0, 0.1) is 11.8 Å². The van der Waals surface area contributed by atoms with Crippen molar-refractivity contribution in [2.45, 2.75) is 32.2 Å². The van der Waals surface area contributed by atoms with Gasteiger partial charge in [0.05, 0.1) is 7.11 Å². The Kier molecular flexibility index (Phi) is 4.52. The van der Waals surface area contributed by atoms with Gasteiger partial charge in [-0.25, -0.2) is 0 Å². The summed E-state index contributed by atoms with van der Waals surface area (Å²) >= 11 is 6.13. The highest BCUT2D eigenvalue weighted by Gasteiger charge is 2.32. The second-order valence-corrected chi connectivity index (χ2v) is 5.66. The first kappa shape index (κ1) is 13.7. The van der Waals surface area contributed by atoms with Gasteiger partial charge in [0, 0.05) is 16.6 Å². The number of hydrogen-bond acceptors (Lipinski definition) is 2. The van der Waals surface area contributed by atoms with Crippen LogP contribution in [0.3, 0.4) is 0 Å². The van der Waals surface area contributed by atoms with Crippen molar-refractivity contribution in [2.24, 2.45) is 11.8 Å². The summed E-state index contributed by atoms with van der Waals surface area (Å²) in [6.07, 6.45) is 3.93. The Labute approximate surface area is 115 Å². The fourth-order valence-electron chi connectivity index (χ4n) is 3.22. The third kappa shape index (κ3) is 2.65. The standard InChI is InChI=1S/C15H22ClNO/c1-10-5-4-6-12(10)15(17-2)13-9-11(16)7-8-14(13)18-3/h7-10,12,15,17H,4-6H2,1-3H3. The lowest BCUT2D eigenvalue weighted by atomic mass is 9.85. The summed E-state index contributed by atoms with van der Waals surface area (Å²) in [5, 5.41) is 4.23. The summed E-state index contributed by atoms with van der Waals surface area (Å²) in [5.74, 6) is 2.35. The van der Waals surface area contributed by atoms with Gasteiger partial charge in [-0.05, 0) is 43.5 Å². The third-order valence-electron chi connectivity index (χ3n) is 4.19. The average Bonchev–Trinajstić information content (AvgIpc) is 2.77. The van der Waals surface area contributed by atoms with Crippen molar-refractivity contribution >= 4 is 11.6 Å². The molecule has 0 aliphatic heterocycles. The highest BCUT2D eigenvalue weighted by molar-refractivity contribution is 6.30. The van der Waals surface area contributed by atoms with Crippen LogP contribution in [0.25, 0.3) is 0 Å². The van der Waals surface area contributed by atoms with E-state index in [9.17, 15) is 0 Å². The van der Waals surface area contributed by atoms with Crippen molar-refractivity contribution in [1.82, 2.24) is 5.32 Å². The van der Waals surface area contributed by atoms with E-state index < -0.39 is 0 Å². The molecule has 0 saturated heterocycles. The van der Waals surface area contributed by atoms with Gasteiger partial charge in [0.25, 0.3) is 0 Å². The van der Waals surface area contributed by atoms with Crippen molar-refractivity contribution in [3.8, 4) is 5.75 Å². The van der Waals surface area contributed by atoms with Gasteiger partial charge in [-0.15, -0.1) is 0 Å². The molecule has 3 heteroatoms. The smallest absolute Gasteiger partial charge is 0.123 e. The molecule has 2 rings (SSSR count). The van der Waals surface area contributed by atoms with Crippen LogP contribution in [-0.2, 0) is 0 Å². The maximum absolute atomic E-state index is 6.13. The second kappa shape index (κ2) is 5.94. The highest BCUT2D eigenvalue weighted by Crippen LogP contribution is 2.42. The molecule has 0 radical (unpaired) electrons. The van der Waals surface area contributed by atoms with Gasteiger partial charge in [-0.3, -0.25) is 0 Å². The number of methoxy groups -OCH3 is 1. The molecule has 100 valence electrons. The number of ether oxygens (including phenoxy) is 1. The van der Waals surface area contributed by atoms with Gasteiger partial charge in [-0.1, -0.05) is 31.4 Å². The highest BCUT2D eigenvalue weighted by atomic mass is 35.5. The Balaban J connectivity index is 2.34. The van der Waals surface area contributed by atoms with Crippen molar-refractivity contribution < 1.29 is 4.74 Å². The normalized spacial score (nSPS) is 25.1. The van der Waals surface area contributed by atoms with E-state index in [0.717, 1.165) is 16.7 Å². The van der Waals surface area contributed by atoms with Crippen LogP contribution < -0.4 is 10.1 Å². The van der Waals surface area contributed by atoms with Gasteiger partial charge in [0.2, 0.25) is 0 Å². The molecule has 1 aliphatic carbocycles. The topological polar surface area (TPSA) is 21.3 Å². The number of benzene rings is 1. The van der Waals surface area contributed by atoms with Gasteiger partial charge in [0.1, 0.15) is 5.75 Å². The molecule has 18 heavy (non-hydrogen) atoms. The summed E-state index contributed by atoms with van der Waals surface area (Å²) in [7, 11) is 3.74. The van der Waals surface area contributed by atoms with Gasteiger partial charge in [0.15, 0.2) is 0 Å². The SMILES string of the molecule is CNC(c1cc(Cl)ccc1OC)C1CCCC1C. The molecular weight excluding hydrogens is 246 g/mol. The molecule has 1 fully saturated rings. The molecule has 0 aromatic heterocycles. The lowest BCUT2D eigenvalue weighted by molar-refractivity contribution is 0.305. The molecule has 1 saturated carbocycles. The molecule has 0 amide bonds. The largest absolute Gasteiger partial charge is 0.496 e. The molecule has 1 aromatic rings. The van der Waals surface area contributed by atoms with Crippen molar-refractivity contribution in [1.29, 1.82) is 0 Å². The predicted molar refractivity (Wildman–Crippen MR) is 76.3 cm³/mol. The molecule has 1 aliphatic rings. The summed E-state index contributed by atoms with van der Waals surface area (Å²) in [6, 6.07) is 6.21. The zero-order valence-electron chi connectivity index (χ0n) is 11.4. The van der Waals surface area contributed by atoms with Crippen LogP contribution in [0.4, 0.5) is 0 Å². The molecule has 1 aromatic carbocycles. The summed E-state index contributed by atoms with van der Waals surface area (Å²) in [5.41, 5.74) is 1.19. The van der Waals surface area contributed by atoms with E-state index in [1.54, 1.807) is 7.11 Å². The van der Waals surface area contributed by atoms with E-state index >= 15 is 0 Å². The van der Waals surface area contributed by atoms with Crippen LogP contribution in [0.15, 0.2) is 18.2 Å². The number of nitrogens with one attached hydrogen (secondary N) is 1. The molecular formula is C15H22ClNO. The van der Waals surface area contributed by atoms with Crippen molar-refractivity contribution in [2.75, 3.05) is 14.2 Å². The Bertz CT molecular complexity index is 407. The maximum Gasteiger partial charge on any atom is 0.123 e. The Morgan fingerprint density at radius 2 is 2.17 bits per heavy atom. The van der Waals surface area contributed by atoms with Crippen LogP contribution in [-0.4, -0.2) is 14.2 Å². The minimum atomic E-state index is 0.330. The lowest BCUT2D eigenvalue weighted by Gasteiger charge is -2.28. The van der Waals surface area contributed by atoms with Crippen LogP contribution >= 0.6 is 11.6 Å². The Hall–Kier alpha value is -0.730. The number of hydrogen-bond donors (Lipinski definition) is 1. The fourth-order valence-corrected chi connectivity index (χ4v) is 3.40. The van der Waals surface area contributed by atoms with Gasteiger partial charge < -0.3 is 10.1 Å². The minimum Gasteiger partial charge on any atom is -0.496 e. The van der Waals surface area contributed by atoms with Gasteiger partial charge in [-0.2, -0.15) is 0 Å². The molecule has 0 bridgehead atoms. The average molecular weight is 268 g/mol. The molecule has 0 spiro atoms. The van der Waals surface area contributed by atoms with Crippen LogP contribution in [0.2, 0.25) is 5.02 Å².